The molecule has 0 fully saturated rings. The van der Waals surface area contributed by atoms with Crippen LogP contribution in [0.25, 0.3) is 0 Å². The Balaban J connectivity index is 2.13. The van der Waals surface area contributed by atoms with Crippen molar-refractivity contribution in [2.75, 3.05) is 5.32 Å². The standard InChI is InChI=1S/C17H15ClN2O4S/c1-11(2)16(21)19-14-7-9-15(10-8-14)25(23,24)20-17(22)12-3-5-13(18)6-4-12/h3-10H,1H2,2H3,(H,19,21)(H,20,22). The number of sulfonamides is 1. The van der Waals surface area contributed by atoms with Gasteiger partial charge in [-0.3, -0.25) is 9.59 Å². The van der Waals surface area contributed by atoms with Crippen molar-refractivity contribution >= 4 is 39.1 Å². The molecule has 0 heterocycles. The van der Waals surface area contributed by atoms with E-state index in [-0.39, 0.29) is 16.4 Å². The Hall–Kier alpha value is -2.64. The highest BCUT2D eigenvalue weighted by Gasteiger charge is 2.18. The lowest BCUT2D eigenvalue weighted by Gasteiger charge is -2.09. The molecule has 0 aliphatic rings. The maximum Gasteiger partial charge on any atom is 0.264 e. The van der Waals surface area contributed by atoms with E-state index >= 15 is 0 Å². The summed E-state index contributed by atoms with van der Waals surface area (Å²) >= 11 is 5.73. The van der Waals surface area contributed by atoms with E-state index < -0.39 is 15.9 Å². The molecule has 2 N–H and O–H groups in total. The topological polar surface area (TPSA) is 92.3 Å². The van der Waals surface area contributed by atoms with E-state index in [2.05, 4.69) is 11.9 Å². The first kappa shape index (κ1) is 18.7. The Morgan fingerprint density at radius 3 is 2.08 bits per heavy atom. The van der Waals surface area contributed by atoms with E-state index in [4.69, 9.17) is 11.6 Å². The van der Waals surface area contributed by atoms with Gasteiger partial charge in [0.2, 0.25) is 0 Å². The van der Waals surface area contributed by atoms with Crippen LogP contribution >= 0.6 is 11.6 Å². The minimum absolute atomic E-state index is 0.108. The fraction of sp³-hybridized carbons (Fsp3) is 0.0588. The molecule has 0 aliphatic carbocycles. The van der Waals surface area contributed by atoms with E-state index in [1.165, 1.54) is 48.5 Å². The number of nitrogens with one attached hydrogen (secondary N) is 2. The minimum atomic E-state index is -4.04. The van der Waals surface area contributed by atoms with Gasteiger partial charge in [-0.25, -0.2) is 13.1 Å². The molecule has 25 heavy (non-hydrogen) atoms. The minimum Gasteiger partial charge on any atom is -0.322 e. The molecule has 8 heteroatoms. The van der Waals surface area contributed by atoms with Gasteiger partial charge < -0.3 is 5.32 Å². The van der Waals surface area contributed by atoms with Gasteiger partial charge in [0.25, 0.3) is 21.8 Å². The lowest BCUT2D eigenvalue weighted by Crippen LogP contribution is -2.30. The van der Waals surface area contributed by atoms with Gasteiger partial charge in [0.1, 0.15) is 0 Å². The number of amides is 2. The third-order valence-electron chi connectivity index (χ3n) is 3.14. The van der Waals surface area contributed by atoms with E-state index in [0.29, 0.717) is 16.3 Å². The number of halogens is 1. The number of carbonyl (C=O) groups is 2. The smallest absolute Gasteiger partial charge is 0.264 e. The summed E-state index contributed by atoms with van der Waals surface area (Å²) < 4.78 is 26.5. The molecule has 0 aliphatic heterocycles. The molecule has 0 spiro atoms. The summed E-state index contributed by atoms with van der Waals surface area (Å²) in [6.45, 7) is 5.07. The van der Waals surface area contributed by atoms with Crippen molar-refractivity contribution in [1.82, 2.24) is 4.72 Å². The van der Waals surface area contributed by atoms with Crippen molar-refractivity contribution in [2.24, 2.45) is 0 Å². The second-order valence-corrected chi connectivity index (χ2v) is 7.32. The first-order valence-corrected chi connectivity index (χ1v) is 8.95. The van der Waals surface area contributed by atoms with Crippen LogP contribution in [0, 0.1) is 0 Å². The van der Waals surface area contributed by atoms with E-state index in [9.17, 15) is 18.0 Å². The zero-order valence-electron chi connectivity index (χ0n) is 13.2. The van der Waals surface area contributed by atoms with Crippen LogP contribution in [0.3, 0.4) is 0 Å². The number of carbonyl (C=O) groups excluding carboxylic acids is 2. The Kier molecular flexibility index (Phi) is 5.61. The zero-order chi connectivity index (χ0) is 18.6. The summed E-state index contributed by atoms with van der Waals surface area (Å²) in [5.41, 5.74) is 0.904. The van der Waals surface area contributed by atoms with Crippen LogP contribution in [0.5, 0.6) is 0 Å². The molecule has 130 valence electrons. The zero-order valence-corrected chi connectivity index (χ0v) is 14.8. The summed E-state index contributed by atoms with van der Waals surface area (Å²) in [6, 6.07) is 11.2. The fourth-order valence-electron chi connectivity index (χ4n) is 1.80. The van der Waals surface area contributed by atoms with Crippen molar-refractivity contribution in [1.29, 1.82) is 0 Å². The van der Waals surface area contributed by atoms with Crippen LogP contribution in [0.15, 0.2) is 65.6 Å². The molecule has 0 saturated carbocycles. The lowest BCUT2D eigenvalue weighted by atomic mass is 10.2. The van der Waals surface area contributed by atoms with Crippen molar-refractivity contribution in [3.8, 4) is 0 Å². The number of anilines is 1. The molecule has 0 unspecified atom stereocenters. The lowest BCUT2D eigenvalue weighted by molar-refractivity contribution is -0.112. The molecule has 2 aromatic carbocycles. The summed E-state index contributed by atoms with van der Waals surface area (Å²) in [6.07, 6.45) is 0. The molecule has 2 aromatic rings. The Labute approximate surface area is 150 Å². The van der Waals surface area contributed by atoms with Gasteiger partial charge in [-0.05, 0) is 55.5 Å². The maximum atomic E-state index is 12.3. The molecule has 0 bridgehead atoms. The second kappa shape index (κ2) is 7.50. The van der Waals surface area contributed by atoms with E-state index in [1.807, 2.05) is 4.72 Å². The normalized spacial score (nSPS) is 10.8. The Bertz CT molecular complexity index is 920. The molecule has 2 rings (SSSR count). The molecule has 0 radical (unpaired) electrons. The second-order valence-electron chi connectivity index (χ2n) is 5.20. The van der Waals surface area contributed by atoms with E-state index in [0.717, 1.165) is 0 Å². The van der Waals surface area contributed by atoms with Crippen LogP contribution in [-0.2, 0) is 14.8 Å². The molecule has 6 nitrogen and oxygen atoms in total. The first-order valence-electron chi connectivity index (χ1n) is 7.09. The maximum absolute atomic E-state index is 12.3. The van der Waals surface area contributed by atoms with Crippen molar-refractivity contribution < 1.29 is 18.0 Å². The fourth-order valence-corrected chi connectivity index (χ4v) is 2.90. The summed E-state index contributed by atoms with van der Waals surface area (Å²) in [5, 5.41) is 3.00. The highest BCUT2D eigenvalue weighted by atomic mass is 35.5. The molecule has 0 atom stereocenters. The summed E-state index contributed by atoms with van der Waals surface area (Å²) in [4.78, 5) is 23.4. The predicted molar refractivity (Wildman–Crippen MR) is 96.0 cm³/mol. The van der Waals surface area contributed by atoms with Crippen LogP contribution in [0.1, 0.15) is 17.3 Å². The number of hydrogen-bond donors (Lipinski definition) is 2. The molecule has 0 aromatic heterocycles. The molecular weight excluding hydrogens is 364 g/mol. The third-order valence-corrected chi connectivity index (χ3v) is 4.74. The molecule has 2 amide bonds. The Morgan fingerprint density at radius 1 is 1.00 bits per heavy atom. The van der Waals surface area contributed by atoms with Gasteiger partial charge in [0.15, 0.2) is 0 Å². The number of benzene rings is 2. The third kappa shape index (κ3) is 4.91. The van der Waals surface area contributed by atoms with Crippen LogP contribution in [0.2, 0.25) is 5.02 Å². The monoisotopic (exact) mass is 378 g/mol. The average Bonchev–Trinajstić information content (AvgIpc) is 2.55. The van der Waals surface area contributed by atoms with E-state index in [1.54, 1.807) is 6.92 Å². The molecule has 0 saturated heterocycles. The first-order chi connectivity index (χ1) is 11.7. The largest absolute Gasteiger partial charge is 0.322 e. The highest BCUT2D eigenvalue weighted by molar-refractivity contribution is 7.90. The van der Waals surface area contributed by atoms with Gasteiger partial charge in [-0.2, -0.15) is 0 Å². The van der Waals surface area contributed by atoms with Gasteiger partial charge in [-0.15, -0.1) is 0 Å². The van der Waals surface area contributed by atoms with Gasteiger partial charge in [0.05, 0.1) is 4.90 Å². The highest BCUT2D eigenvalue weighted by Crippen LogP contribution is 2.16. The van der Waals surface area contributed by atoms with Crippen molar-refractivity contribution in [3.05, 3.63) is 71.3 Å². The Morgan fingerprint density at radius 2 is 1.56 bits per heavy atom. The number of hydrogen-bond acceptors (Lipinski definition) is 4. The van der Waals surface area contributed by atoms with Crippen molar-refractivity contribution in [2.45, 2.75) is 11.8 Å². The summed E-state index contributed by atoms with van der Waals surface area (Å²) in [7, 11) is -4.04. The average molecular weight is 379 g/mol. The van der Waals surface area contributed by atoms with Gasteiger partial charge in [-0.1, -0.05) is 18.2 Å². The quantitative estimate of drug-likeness (QED) is 0.782. The summed E-state index contributed by atoms with van der Waals surface area (Å²) in [5.74, 6) is -1.14. The predicted octanol–water partition coefficient (Wildman–Crippen LogP) is 2.97. The van der Waals surface area contributed by atoms with Crippen molar-refractivity contribution in [3.63, 3.8) is 0 Å². The number of rotatable bonds is 5. The van der Waals surface area contributed by atoms with Crippen LogP contribution in [-0.4, -0.2) is 20.2 Å². The van der Waals surface area contributed by atoms with Crippen LogP contribution < -0.4 is 10.0 Å². The van der Waals surface area contributed by atoms with Crippen LogP contribution in [0.4, 0.5) is 5.69 Å². The van der Waals surface area contributed by atoms with Gasteiger partial charge in [0, 0.05) is 21.8 Å². The van der Waals surface area contributed by atoms with Gasteiger partial charge >= 0.3 is 0 Å². The SMILES string of the molecule is C=C(C)C(=O)Nc1ccc(S(=O)(=O)NC(=O)c2ccc(Cl)cc2)cc1. The molecular formula is C17H15ClN2O4S.